The third kappa shape index (κ3) is 2.65. The zero-order chi connectivity index (χ0) is 12.4. The molecular formula is C14H21N3O. The molecule has 2 saturated heterocycles. The molecule has 2 fully saturated rings. The Morgan fingerprint density at radius 1 is 1.33 bits per heavy atom. The number of nitrogens with one attached hydrogen (secondary N) is 1. The fourth-order valence-corrected chi connectivity index (χ4v) is 3.05. The van der Waals surface area contributed by atoms with Crippen LogP contribution >= 0.6 is 0 Å². The molecule has 0 aliphatic carbocycles. The molecule has 0 radical (unpaired) electrons. The highest BCUT2D eigenvalue weighted by Crippen LogP contribution is 2.21. The average Bonchev–Trinajstić information content (AvgIpc) is 2.73. The van der Waals surface area contributed by atoms with Crippen molar-refractivity contribution in [1.82, 2.24) is 15.2 Å². The molecule has 1 N–H and O–H groups in total. The van der Waals surface area contributed by atoms with Gasteiger partial charge in [-0.1, -0.05) is 6.07 Å². The lowest BCUT2D eigenvalue weighted by Crippen LogP contribution is -2.35. The summed E-state index contributed by atoms with van der Waals surface area (Å²) in [5.74, 6) is 0.710. The van der Waals surface area contributed by atoms with E-state index in [1.807, 2.05) is 12.1 Å². The van der Waals surface area contributed by atoms with Gasteiger partial charge in [0.15, 0.2) is 0 Å². The highest BCUT2D eigenvalue weighted by molar-refractivity contribution is 5.15. The number of likely N-dealkylation sites (tertiary alicyclic amines) is 1. The minimum absolute atomic E-state index is 0.683. The van der Waals surface area contributed by atoms with Gasteiger partial charge in [0.05, 0.1) is 12.8 Å². The molecule has 2 atom stereocenters. The van der Waals surface area contributed by atoms with Gasteiger partial charge < -0.3 is 10.1 Å². The van der Waals surface area contributed by atoms with Crippen LogP contribution in [0.4, 0.5) is 0 Å². The van der Waals surface area contributed by atoms with Gasteiger partial charge in [0, 0.05) is 37.8 Å². The van der Waals surface area contributed by atoms with Crippen LogP contribution in [0.15, 0.2) is 18.2 Å². The number of hydrogen-bond donors (Lipinski definition) is 1. The van der Waals surface area contributed by atoms with Gasteiger partial charge in [0.2, 0.25) is 5.88 Å². The summed E-state index contributed by atoms with van der Waals surface area (Å²) in [6, 6.07) is 7.43. The lowest BCUT2D eigenvalue weighted by molar-refractivity contribution is 0.247. The highest BCUT2D eigenvalue weighted by Gasteiger charge is 2.29. The van der Waals surface area contributed by atoms with E-state index in [0.717, 1.165) is 24.8 Å². The van der Waals surface area contributed by atoms with E-state index in [1.54, 1.807) is 7.11 Å². The molecule has 3 heterocycles. The molecule has 4 heteroatoms. The third-order valence-corrected chi connectivity index (χ3v) is 3.98. The van der Waals surface area contributed by atoms with Crippen molar-refractivity contribution in [3.05, 3.63) is 23.9 Å². The summed E-state index contributed by atoms with van der Waals surface area (Å²) >= 11 is 0. The van der Waals surface area contributed by atoms with Crippen molar-refractivity contribution in [2.75, 3.05) is 20.2 Å². The van der Waals surface area contributed by atoms with E-state index in [4.69, 9.17) is 4.74 Å². The van der Waals surface area contributed by atoms with Crippen molar-refractivity contribution in [1.29, 1.82) is 0 Å². The molecule has 0 amide bonds. The number of aromatic nitrogens is 1. The van der Waals surface area contributed by atoms with E-state index in [9.17, 15) is 0 Å². The van der Waals surface area contributed by atoms with Gasteiger partial charge in [-0.25, -0.2) is 4.98 Å². The quantitative estimate of drug-likeness (QED) is 0.876. The van der Waals surface area contributed by atoms with Crippen LogP contribution in [0, 0.1) is 0 Å². The van der Waals surface area contributed by atoms with Crippen molar-refractivity contribution in [3.8, 4) is 5.88 Å². The second-order valence-corrected chi connectivity index (χ2v) is 5.33. The van der Waals surface area contributed by atoms with Gasteiger partial charge in [0.1, 0.15) is 0 Å². The second kappa shape index (κ2) is 5.24. The molecule has 1 aromatic rings. The third-order valence-electron chi connectivity index (χ3n) is 3.98. The normalized spacial score (nSPS) is 28.1. The van der Waals surface area contributed by atoms with E-state index in [0.29, 0.717) is 11.9 Å². The Morgan fingerprint density at radius 3 is 3.11 bits per heavy atom. The van der Waals surface area contributed by atoms with Gasteiger partial charge in [-0.15, -0.1) is 0 Å². The van der Waals surface area contributed by atoms with Gasteiger partial charge in [-0.05, 0) is 25.3 Å². The van der Waals surface area contributed by atoms with Crippen LogP contribution in [0.2, 0.25) is 0 Å². The van der Waals surface area contributed by atoms with Crippen LogP contribution in [-0.4, -0.2) is 42.2 Å². The molecule has 4 nitrogen and oxygen atoms in total. The lowest BCUT2D eigenvalue weighted by atomic mass is 10.1. The van der Waals surface area contributed by atoms with Crippen molar-refractivity contribution in [3.63, 3.8) is 0 Å². The van der Waals surface area contributed by atoms with Gasteiger partial charge in [-0.3, -0.25) is 4.90 Å². The molecule has 0 saturated carbocycles. The summed E-state index contributed by atoms with van der Waals surface area (Å²) in [5.41, 5.74) is 1.10. The fourth-order valence-electron chi connectivity index (χ4n) is 3.05. The van der Waals surface area contributed by atoms with Crippen LogP contribution in [0.5, 0.6) is 5.88 Å². The largest absolute Gasteiger partial charge is 0.481 e. The van der Waals surface area contributed by atoms with Gasteiger partial charge in [0.25, 0.3) is 0 Å². The lowest BCUT2D eigenvalue weighted by Gasteiger charge is -2.23. The number of rotatable bonds is 3. The number of methoxy groups -OCH3 is 1. The minimum Gasteiger partial charge on any atom is -0.481 e. The summed E-state index contributed by atoms with van der Waals surface area (Å²) in [7, 11) is 1.67. The number of ether oxygens (including phenoxy) is 1. The van der Waals surface area contributed by atoms with Crippen molar-refractivity contribution < 1.29 is 4.74 Å². The van der Waals surface area contributed by atoms with E-state index >= 15 is 0 Å². The average molecular weight is 247 g/mol. The Labute approximate surface area is 108 Å². The Bertz CT molecular complexity index is 410. The Kier molecular flexibility index (Phi) is 3.48. The molecule has 2 unspecified atom stereocenters. The minimum atomic E-state index is 0.683. The standard InChI is InChI=1S/C14H21N3O/c1-18-14-4-2-3-12(16-14)9-17-8-7-11-5-6-13(10-17)15-11/h2-4,11,13,15H,5-10H2,1H3. The number of nitrogens with zero attached hydrogens (tertiary/aromatic N) is 2. The molecule has 3 rings (SSSR count). The first kappa shape index (κ1) is 11.9. The molecular weight excluding hydrogens is 226 g/mol. The summed E-state index contributed by atoms with van der Waals surface area (Å²) in [5, 5.41) is 3.70. The highest BCUT2D eigenvalue weighted by atomic mass is 16.5. The van der Waals surface area contributed by atoms with Crippen molar-refractivity contribution >= 4 is 0 Å². The molecule has 2 bridgehead atoms. The van der Waals surface area contributed by atoms with Crippen molar-refractivity contribution in [2.45, 2.75) is 37.9 Å². The Balaban J connectivity index is 1.64. The molecule has 2 aliphatic rings. The maximum Gasteiger partial charge on any atom is 0.213 e. The SMILES string of the molecule is COc1cccc(CN2CCC3CCC(C2)N3)n1. The van der Waals surface area contributed by atoms with E-state index in [2.05, 4.69) is 21.3 Å². The first-order chi connectivity index (χ1) is 8.83. The first-order valence-corrected chi connectivity index (χ1v) is 6.82. The summed E-state index contributed by atoms with van der Waals surface area (Å²) in [4.78, 5) is 7.01. The Hall–Kier alpha value is -1.13. The maximum atomic E-state index is 5.18. The number of pyridine rings is 1. The molecule has 98 valence electrons. The van der Waals surface area contributed by atoms with Gasteiger partial charge >= 0.3 is 0 Å². The number of fused-ring (bicyclic) bond motifs is 2. The monoisotopic (exact) mass is 247 g/mol. The smallest absolute Gasteiger partial charge is 0.213 e. The topological polar surface area (TPSA) is 37.4 Å². The van der Waals surface area contributed by atoms with Crippen LogP contribution in [-0.2, 0) is 6.54 Å². The second-order valence-electron chi connectivity index (χ2n) is 5.33. The maximum absolute atomic E-state index is 5.18. The first-order valence-electron chi connectivity index (χ1n) is 6.82. The molecule has 2 aliphatic heterocycles. The van der Waals surface area contributed by atoms with Gasteiger partial charge in [-0.2, -0.15) is 0 Å². The van der Waals surface area contributed by atoms with Crippen LogP contribution in [0.25, 0.3) is 0 Å². The number of hydrogen-bond acceptors (Lipinski definition) is 4. The zero-order valence-corrected chi connectivity index (χ0v) is 10.9. The Morgan fingerprint density at radius 2 is 2.22 bits per heavy atom. The van der Waals surface area contributed by atoms with Crippen LogP contribution < -0.4 is 10.1 Å². The van der Waals surface area contributed by atoms with E-state index < -0.39 is 0 Å². The summed E-state index contributed by atoms with van der Waals surface area (Å²) in [6.07, 6.45) is 3.95. The summed E-state index contributed by atoms with van der Waals surface area (Å²) in [6.45, 7) is 3.25. The van der Waals surface area contributed by atoms with Crippen LogP contribution in [0.3, 0.4) is 0 Å². The molecule has 1 aromatic heterocycles. The fraction of sp³-hybridized carbons (Fsp3) is 0.643. The predicted molar refractivity (Wildman–Crippen MR) is 70.6 cm³/mol. The van der Waals surface area contributed by atoms with E-state index in [-0.39, 0.29) is 0 Å². The predicted octanol–water partition coefficient (Wildman–Crippen LogP) is 1.42. The van der Waals surface area contributed by atoms with E-state index in [1.165, 1.54) is 25.8 Å². The molecule has 18 heavy (non-hydrogen) atoms. The van der Waals surface area contributed by atoms with Crippen molar-refractivity contribution in [2.24, 2.45) is 0 Å². The molecule has 0 aromatic carbocycles. The molecule has 0 spiro atoms. The zero-order valence-electron chi connectivity index (χ0n) is 10.9. The summed E-state index contributed by atoms with van der Waals surface area (Å²) < 4.78 is 5.18. The van der Waals surface area contributed by atoms with Crippen LogP contribution in [0.1, 0.15) is 25.0 Å².